The van der Waals surface area contributed by atoms with Crippen LogP contribution in [-0.4, -0.2) is 48.7 Å². The summed E-state index contributed by atoms with van der Waals surface area (Å²) in [5.41, 5.74) is 4.18. The molecule has 4 aromatic rings. The van der Waals surface area contributed by atoms with Crippen LogP contribution in [0, 0.1) is 0 Å². The molecule has 0 atom stereocenters. The predicted octanol–water partition coefficient (Wildman–Crippen LogP) is 3.44. The topological polar surface area (TPSA) is 86.4 Å². The number of anilines is 1. The number of carbonyl (C=O) groups excluding carboxylic acids is 1. The highest BCUT2D eigenvalue weighted by molar-refractivity contribution is 7.89. The van der Waals surface area contributed by atoms with Crippen LogP contribution in [0.25, 0.3) is 22.4 Å². The Morgan fingerprint density at radius 1 is 1.06 bits per heavy atom. The van der Waals surface area contributed by atoms with Crippen molar-refractivity contribution < 1.29 is 13.2 Å². The zero-order valence-electron chi connectivity index (χ0n) is 17.5. The summed E-state index contributed by atoms with van der Waals surface area (Å²) in [5.74, 6) is 0.432. The third-order valence-corrected chi connectivity index (χ3v) is 7.55. The molecule has 1 aliphatic heterocycles. The first-order chi connectivity index (χ1) is 15.4. The Balaban J connectivity index is 1.38. The van der Waals surface area contributed by atoms with Crippen LogP contribution in [-0.2, 0) is 21.2 Å². The molecular weight excluding hydrogens is 424 g/mol. The second kappa shape index (κ2) is 7.89. The fourth-order valence-corrected chi connectivity index (χ4v) is 5.17. The summed E-state index contributed by atoms with van der Waals surface area (Å²) in [7, 11) is -2.42. The van der Waals surface area contributed by atoms with Gasteiger partial charge < -0.3 is 9.88 Å². The number of hydrogen-bond donors (Lipinski definition) is 1. The molecule has 0 saturated heterocycles. The van der Waals surface area contributed by atoms with Gasteiger partial charge in [0, 0.05) is 24.8 Å². The van der Waals surface area contributed by atoms with Gasteiger partial charge in [-0.1, -0.05) is 48.5 Å². The number of likely N-dealkylation sites (N-methyl/N-ethyl adjacent to an activating group) is 1. The van der Waals surface area contributed by atoms with Crippen LogP contribution in [0.1, 0.15) is 5.56 Å². The zero-order valence-corrected chi connectivity index (χ0v) is 18.3. The van der Waals surface area contributed by atoms with E-state index in [1.807, 2.05) is 54.6 Å². The molecule has 0 spiro atoms. The summed E-state index contributed by atoms with van der Waals surface area (Å²) in [6.07, 6.45) is 0.776. The van der Waals surface area contributed by atoms with Crippen LogP contribution in [0.3, 0.4) is 0 Å². The Labute approximate surface area is 186 Å². The number of rotatable bonds is 5. The highest BCUT2D eigenvalue weighted by atomic mass is 32.2. The van der Waals surface area contributed by atoms with Crippen molar-refractivity contribution in [2.45, 2.75) is 11.3 Å². The minimum Gasteiger partial charge on any atom is -0.338 e. The van der Waals surface area contributed by atoms with Crippen molar-refractivity contribution in [3.05, 3.63) is 78.4 Å². The van der Waals surface area contributed by atoms with Crippen molar-refractivity contribution in [3.63, 3.8) is 0 Å². The number of nitrogens with one attached hydrogen (secondary N) is 1. The first kappa shape index (κ1) is 20.4. The Bertz CT molecular complexity index is 1410. The molecule has 162 valence electrons. The van der Waals surface area contributed by atoms with E-state index in [1.54, 1.807) is 17.0 Å². The van der Waals surface area contributed by atoms with E-state index in [0.717, 1.165) is 27.5 Å². The number of hydrogen-bond acceptors (Lipinski definition) is 4. The molecule has 1 aromatic heterocycles. The molecule has 1 amide bonds. The van der Waals surface area contributed by atoms with Gasteiger partial charge in [-0.3, -0.25) is 4.79 Å². The summed E-state index contributed by atoms with van der Waals surface area (Å²) < 4.78 is 27.4. The molecule has 1 N–H and O–H groups in total. The van der Waals surface area contributed by atoms with Crippen LogP contribution in [0.15, 0.2) is 77.7 Å². The van der Waals surface area contributed by atoms with Gasteiger partial charge in [0.25, 0.3) is 0 Å². The van der Waals surface area contributed by atoms with Gasteiger partial charge >= 0.3 is 0 Å². The van der Waals surface area contributed by atoms with Gasteiger partial charge in [0.05, 0.1) is 22.5 Å². The van der Waals surface area contributed by atoms with Crippen molar-refractivity contribution in [1.29, 1.82) is 0 Å². The third kappa shape index (κ3) is 3.57. The van der Waals surface area contributed by atoms with E-state index in [0.29, 0.717) is 23.4 Å². The molecule has 0 fully saturated rings. The molecule has 7 nitrogen and oxygen atoms in total. The average molecular weight is 447 g/mol. The second-order valence-corrected chi connectivity index (χ2v) is 9.86. The molecule has 8 heteroatoms. The van der Waals surface area contributed by atoms with E-state index in [4.69, 9.17) is 0 Å². The quantitative estimate of drug-likeness (QED) is 0.509. The maximum atomic E-state index is 13.2. The van der Waals surface area contributed by atoms with Crippen LogP contribution in [0.4, 0.5) is 5.69 Å². The lowest BCUT2D eigenvalue weighted by Crippen LogP contribution is -2.40. The number of H-pyrrole nitrogens is 1. The van der Waals surface area contributed by atoms with Crippen LogP contribution >= 0.6 is 0 Å². The zero-order chi connectivity index (χ0) is 22.3. The molecule has 0 aliphatic carbocycles. The standard InChI is InChI=1S/C24H22N4O3S/c1-27(16-23(29)28-14-13-17-7-5-6-10-22(17)28)32(30,31)19-11-12-20-21(15-19)26-24(25-20)18-8-3-2-4-9-18/h2-12,15H,13-14,16H2,1H3,(H,25,26). The largest absolute Gasteiger partial charge is 0.338 e. The fourth-order valence-electron chi connectivity index (χ4n) is 4.02. The van der Waals surface area contributed by atoms with Gasteiger partial charge in [0.15, 0.2) is 0 Å². The maximum Gasteiger partial charge on any atom is 0.243 e. The van der Waals surface area contributed by atoms with E-state index >= 15 is 0 Å². The van der Waals surface area contributed by atoms with E-state index in [1.165, 1.54) is 13.1 Å². The summed E-state index contributed by atoms with van der Waals surface area (Å²) in [5, 5.41) is 0. The average Bonchev–Trinajstić information content (AvgIpc) is 3.43. The lowest BCUT2D eigenvalue weighted by molar-refractivity contribution is -0.118. The smallest absolute Gasteiger partial charge is 0.243 e. The number of para-hydroxylation sites is 1. The number of nitrogens with zero attached hydrogens (tertiary/aromatic N) is 3. The molecule has 5 rings (SSSR count). The third-order valence-electron chi connectivity index (χ3n) is 5.75. The highest BCUT2D eigenvalue weighted by Crippen LogP contribution is 2.28. The van der Waals surface area contributed by atoms with Crippen molar-refractivity contribution in [3.8, 4) is 11.4 Å². The molecule has 0 saturated carbocycles. The number of benzene rings is 3. The van der Waals surface area contributed by atoms with Crippen LogP contribution in [0.2, 0.25) is 0 Å². The number of amides is 1. The number of fused-ring (bicyclic) bond motifs is 2. The molecule has 0 unspecified atom stereocenters. The summed E-state index contributed by atoms with van der Waals surface area (Å²) in [4.78, 5) is 22.4. The Hall–Kier alpha value is -3.49. The van der Waals surface area contributed by atoms with Crippen LogP contribution < -0.4 is 4.90 Å². The Morgan fingerprint density at radius 3 is 2.62 bits per heavy atom. The van der Waals surface area contributed by atoms with Crippen LogP contribution in [0.5, 0.6) is 0 Å². The minimum absolute atomic E-state index is 0.116. The van der Waals surface area contributed by atoms with E-state index < -0.39 is 10.0 Å². The molecule has 1 aliphatic rings. The van der Waals surface area contributed by atoms with E-state index in [9.17, 15) is 13.2 Å². The molecule has 0 radical (unpaired) electrons. The number of aromatic amines is 1. The maximum absolute atomic E-state index is 13.2. The van der Waals surface area contributed by atoms with Gasteiger partial charge in [0.2, 0.25) is 15.9 Å². The normalized spacial score (nSPS) is 13.6. The Kier molecular flexibility index (Phi) is 5.03. The van der Waals surface area contributed by atoms with Crippen molar-refractivity contribution >= 4 is 32.7 Å². The lowest BCUT2D eigenvalue weighted by Gasteiger charge is -2.22. The first-order valence-corrected chi connectivity index (χ1v) is 11.8. The van der Waals surface area contributed by atoms with Crippen molar-refractivity contribution in [2.75, 3.05) is 25.0 Å². The van der Waals surface area contributed by atoms with Gasteiger partial charge in [-0.25, -0.2) is 13.4 Å². The SMILES string of the molecule is CN(CC(=O)N1CCc2ccccc21)S(=O)(=O)c1ccc2nc(-c3ccccc3)[nH]c2c1. The van der Waals surface area contributed by atoms with Gasteiger partial charge in [0.1, 0.15) is 5.82 Å². The predicted molar refractivity (Wildman–Crippen MR) is 124 cm³/mol. The number of sulfonamides is 1. The molecule has 3 aromatic carbocycles. The molecule has 2 heterocycles. The molecular formula is C24H22N4O3S. The summed E-state index contributed by atoms with van der Waals surface area (Å²) in [6.45, 7) is 0.335. The van der Waals surface area contributed by atoms with Crippen molar-refractivity contribution in [2.24, 2.45) is 0 Å². The van der Waals surface area contributed by atoms with Gasteiger partial charge in [-0.15, -0.1) is 0 Å². The monoisotopic (exact) mass is 446 g/mol. The lowest BCUT2D eigenvalue weighted by atomic mass is 10.2. The number of aromatic nitrogens is 2. The molecule has 32 heavy (non-hydrogen) atoms. The van der Waals surface area contributed by atoms with E-state index in [-0.39, 0.29) is 17.3 Å². The second-order valence-electron chi connectivity index (χ2n) is 7.82. The Morgan fingerprint density at radius 2 is 1.81 bits per heavy atom. The summed E-state index contributed by atoms with van der Waals surface area (Å²) in [6, 6.07) is 22.1. The first-order valence-electron chi connectivity index (χ1n) is 10.3. The molecule has 0 bridgehead atoms. The number of imidazole rings is 1. The van der Waals surface area contributed by atoms with Crippen molar-refractivity contribution in [1.82, 2.24) is 14.3 Å². The van der Waals surface area contributed by atoms with Gasteiger partial charge in [-0.2, -0.15) is 4.31 Å². The van der Waals surface area contributed by atoms with E-state index in [2.05, 4.69) is 9.97 Å². The highest BCUT2D eigenvalue weighted by Gasteiger charge is 2.29. The van der Waals surface area contributed by atoms with Gasteiger partial charge in [-0.05, 0) is 36.2 Å². The summed E-state index contributed by atoms with van der Waals surface area (Å²) >= 11 is 0. The fraction of sp³-hybridized carbons (Fsp3) is 0.167. The number of carbonyl (C=O) groups is 1. The minimum atomic E-state index is -3.85.